The highest BCUT2D eigenvalue weighted by Crippen LogP contribution is 2.19. The van der Waals surface area contributed by atoms with E-state index in [9.17, 15) is 18.8 Å². The van der Waals surface area contributed by atoms with Gasteiger partial charge in [0.2, 0.25) is 11.8 Å². The van der Waals surface area contributed by atoms with Gasteiger partial charge in [-0.3, -0.25) is 19.4 Å². The van der Waals surface area contributed by atoms with E-state index in [1.54, 1.807) is 36.2 Å². The highest BCUT2D eigenvalue weighted by Gasteiger charge is 2.34. The normalized spacial score (nSPS) is 16.0. The van der Waals surface area contributed by atoms with Crippen molar-refractivity contribution in [1.29, 1.82) is 0 Å². The van der Waals surface area contributed by atoms with Gasteiger partial charge in [0.15, 0.2) is 0 Å². The topological polar surface area (TPSA) is 91.4 Å². The number of benzene rings is 1. The number of halogens is 1. The van der Waals surface area contributed by atoms with Gasteiger partial charge < -0.3 is 15.5 Å². The first kappa shape index (κ1) is 20.4. The molecule has 1 saturated heterocycles. The van der Waals surface area contributed by atoms with Gasteiger partial charge in [-0.2, -0.15) is 0 Å². The quantitative estimate of drug-likeness (QED) is 0.690. The molecule has 3 rings (SSSR count). The van der Waals surface area contributed by atoms with Crippen LogP contribution in [0.15, 0.2) is 42.6 Å². The molecule has 29 heavy (non-hydrogen) atoms. The number of amides is 3. The van der Waals surface area contributed by atoms with Crippen LogP contribution in [-0.4, -0.2) is 47.2 Å². The van der Waals surface area contributed by atoms with Crippen LogP contribution < -0.4 is 10.6 Å². The number of carbonyl (C=O) groups excluding carboxylic acids is 3. The Morgan fingerprint density at radius 2 is 2.00 bits per heavy atom. The molecule has 0 bridgehead atoms. The molecule has 8 heteroatoms. The zero-order valence-electron chi connectivity index (χ0n) is 16.2. The molecule has 1 atom stereocenters. The molecule has 7 nitrogen and oxygen atoms in total. The van der Waals surface area contributed by atoms with E-state index in [4.69, 9.17) is 0 Å². The minimum atomic E-state index is -0.438. The summed E-state index contributed by atoms with van der Waals surface area (Å²) in [5.41, 5.74) is 1.47. The lowest BCUT2D eigenvalue weighted by molar-refractivity contribution is -0.129. The van der Waals surface area contributed by atoms with Gasteiger partial charge in [-0.15, -0.1) is 0 Å². The average Bonchev–Trinajstić information content (AvgIpc) is 3.08. The van der Waals surface area contributed by atoms with Crippen LogP contribution in [0.2, 0.25) is 0 Å². The molecule has 2 heterocycles. The second kappa shape index (κ2) is 9.27. The third kappa shape index (κ3) is 5.37. The summed E-state index contributed by atoms with van der Waals surface area (Å²) in [6, 6.07) is 9.77. The SMILES string of the molecule is Cc1ccc(C(=O)NCCNC(=O)C2CC(=O)N(Cc3ccccn3)C2)cc1F. The van der Waals surface area contributed by atoms with E-state index in [1.165, 1.54) is 6.07 Å². The van der Waals surface area contributed by atoms with Gasteiger partial charge >= 0.3 is 0 Å². The van der Waals surface area contributed by atoms with Crippen molar-refractivity contribution in [1.82, 2.24) is 20.5 Å². The number of nitrogens with zero attached hydrogens (tertiary/aromatic N) is 2. The summed E-state index contributed by atoms with van der Waals surface area (Å²) in [5.74, 6) is -1.57. The Bertz CT molecular complexity index is 904. The number of aromatic nitrogens is 1. The van der Waals surface area contributed by atoms with Gasteiger partial charge in [-0.25, -0.2) is 4.39 Å². The summed E-state index contributed by atoms with van der Waals surface area (Å²) >= 11 is 0. The molecule has 152 valence electrons. The molecule has 1 aliphatic heterocycles. The number of aryl methyl sites for hydroxylation is 1. The second-order valence-electron chi connectivity index (χ2n) is 7.01. The van der Waals surface area contributed by atoms with Gasteiger partial charge in [0, 0.05) is 37.8 Å². The van der Waals surface area contributed by atoms with E-state index in [2.05, 4.69) is 15.6 Å². The summed E-state index contributed by atoms with van der Waals surface area (Å²) in [6.07, 6.45) is 1.83. The zero-order valence-corrected chi connectivity index (χ0v) is 16.2. The number of carbonyl (C=O) groups is 3. The maximum atomic E-state index is 13.5. The fourth-order valence-electron chi connectivity index (χ4n) is 3.13. The van der Waals surface area contributed by atoms with Crippen LogP contribution in [0.25, 0.3) is 0 Å². The van der Waals surface area contributed by atoms with Crippen molar-refractivity contribution < 1.29 is 18.8 Å². The fraction of sp³-hybridized carbons (Fsp3) is 0.333. The minimum Gasteiger partial charge on any atom is -0.354 e. The van der Waals surface area contributed by atoms with E-state index in [0.717, 1.165) is 5.69 Å². The van der Waals surface area contributed by atoms with E-state index < -0.39 is 17.6 Å². The van der Waals surface area contributed by atoms with Crippen molar-refractivity contribution in [3.8, 4) is 0 Å². The molecular formula is C21H23FN4O3. The summed E-state index contributed by atoms with van der Waals surface area (Å²) in [4.78, 5) is 42.3. The number of nitrogens with one attached hydrogen (secondary N) is 2. The molecule has 1 aliphatic rings. The van der Waals surface area contributed by atoms with Gasteiger partial charge in [0.25, 0.3) is 5.91 Å². The van der Waals surface area contributed by atoms with Gasteiger partial charge in [0.05, 0.1) is 18.2 Å². The van der Waals surface area contributed by atoms with Crippen LogP contribution in [0, 0.1) is 18.7 Å². The molecular weight excluding hydrogens is 375 g/mol. The maximum Gasteiger partial charge on any atom is 0.251 e. The highest BCUT2D eigenvalue weighted by atomic mass is 19.1. The van der Waals surface area contributed by atoms with E-state index in [0.29, 0.717) is 18.7 Å². The molecule has 0 aliphatic carbocycles. The molecule has 2 aromatic rings. The van der Waals surface area contributed by atoms with Crippen LogP contribution in [0.4, 0.5) is 4.39 Å². The van der Waals surface area contributed by atoms with Crippen molar-refractivity contribution in [2.75, 3.05) is 19.6 Å². The van der Waals surface area contributed by atoms with E-state index in [-0.39, 0.29) is 36.9 Å². The van der Waals surface area contributed by atoms with E-state index in [1.807, 2.05) is 12.1 Å². The average molecular weight is 398 g/mol. The molecule has 1 aromatic carbocycles. The Hall–Kier alpha value is -3.29. The van der Waals surface area contributed by atoms with Crippen molar-refractivity contribution in [2.45, 2.75) is 19.9 Å². The first-order valence-corrected chi connectivity index (χ1v) is 9.44. The maximum absolute atomic E-state index is 13.5. The standard InChI is InChI=1S/C21H23FN4O3/c1-14-5-6-15(10-18(14)22)20(28)24-8-9-25-21(29)16-11-19(27)26(12-16)13-17-4-2-3-7-23-17/h2-7,10,16H,8-9,11-13H2,1H3,(H,24,28)(H,25,29). The number of likely N-dealkylation sites (tertiary alicyclic amines) is 1. The van der Waals surface area contributed by atoms with Crippen LogP contribution >= 0.6 is 0 Å². The first-order chi connectivity index (χ1) is 13.9. The highest BCUT2D eigenvalue weighted by molar-refractivity contribution is 5.94. The Morgan fingerprint density at radius 1 is 1.21 bits per heavy atom. The van der Waals surface area contributed by atoms with Crippen LogP contribution in [0.1, 0.15) is 28.0 Å². The molecule has 0 radical (unpaired) electrons. The molecule has 2 N–H and O–H groups in total. The fourth-order valence-corrected chi connectivity index (χ4v) is 3.13. The zero-order chi connectivity index (χ0) is 20.8. The van der Waals surface area contributed by atoms with Gasteiger partial charge in [-0.1, -0.05) is 12.1 Å². The second-order valence-corrected chi connectivity index (χ2v) is 7.01. The van der Waals surface area contributed by atoms with Crippen molar-refractivity contribution in [2.24, 2.45) is 5.92 Å². The minimum absolute atomic E-state index is 0.0782. The first-order valence-electron chi connectivity index (χ1n) is 9.44. The predicted molar refractivity (Wildman–Crippen MR) is 104 cm³/mol. The molecule has 1 unspecified atom stereocenters. The number of hydrogen-bond acceptors (Lipinski definition) is 4. The van der Waals surface area contributed by atoms with Crippen molar-refractivity contribution >= 4 is 17.7 Å². The summed E-state index contributed by atoms with van der Waals surface area (Å²) in [7, 11) is 0. The predicted octanol–water partition coefficient (Wildman–Crippen LogP) is 1.42. The Labute approximate surface area is 168 Å². The largest absolute Gasteiger partial charge is 0.354 e. The van der Waals surface area contributed by atoms with Gasteiger partial charge in [0.1, 0.15) is 5.82 Å². The lowest BCUT2D eigenvalue weighted by Crippen LogP contribution is -2.38. The molecule has 0 spiro atoms. The Morgan fingerprint density at radius 3 is 2.72 bits per heavy atom. The number of pyridine rings is 1. The van der Waals surface area contributed by atoms with E-state index >= 15 is 0 Å². The van der Waals surface area contributed by atoms with Crippen LogP contribution in [0.3, 0.4) is 0 Å². The molecule has 1 aromatic heterocycles. The number of rotatable bonds is 7. The van der Waals surface area contributed by atoms with Crippen molar-refractivity contribution in [3.63, 3.8) is 0 Å². The Kier molecular flexibility index (Phi) is 6.54. The van der Waals surface area contributed by atoms with Crippen LogP contribution in [0.5, 0.6) is 0 Å². The van der Waals surface area contributed by atoms with Gasteiger partial charge in [-0.05, 0) is 36.8 Å². The molecule has 1 fully saturated rings. The summed E-state index contributed by atoms with van der Waals surface area (Å²) < 4.78 is 13.5. The monoisotopic (exact) mass is 398 g/mol. The Balaban J connectivity index is 1.41. The smallest absolute Gasteiger partial charge is 0.251 e. The van der Waals surface area contributed by atoms with Crippen LogP contribution in [-0.2, 0) is 16.1 Å². The lowest BCUT2D eigenvalue weighted by Gasteiger charge is -2.16. The summed E-state index contributed by atoms with van der Waals surface area (Å²) in [5, 5.41) is 5.37. The lowest BCUT2D eigenvalue weighted by atomic mass is 10.1. The summed E-state index contributed by atoms with van der Waals surface area (Å²) in [6.45, 7) is 2.78. The number of hydrogen-bond donors (Lipinski definition) is 2. The molecule has 3 amide bonds. The third-order valence-electron chi connectivity index (χ3n) is 4.81. The third-order valence-corrected chi connectivity index (χ3v) is 4.81. The molecule has 0 saturated carbocycles. The van der Waals surface area contributed by atoms with Crippen molar-refractivity contribution in [3.05, 3.63) is 65.2 Å².